The van der Waals surface area contributed by atoms with Crippen LogP contribution in [0.2, 0.25) is 5.02 Å². The maximum absolute atomic E-state index is 6.04. The van der Waals surface area contributed by atoms with Crippen LogP contribution < -0.4 is 5.32 Å². The highest BCUT2D eigenvalue weighted by molar-refractivity contribution is 14.1. The Hall–Kier alpha value is 0.200. The van der Waals surface area contributed by atoms with Gasteiger partial charge in [-0.25, -0.2) is 0 Å². The summed E-state index contributed by atoms with van der Waals surface area (Å²) < 4.78 is 1.30. The van der Waals surface area contributed by atoms with Crippen LogP contribution in [0.25, 0.3) is 0 Å². The van der Waals surface area contributed by atoms with Crippen molar-refractivity contribution in [3.8, 4) is 0 Å². The molecule has 1 aromatic rings. The molecule has 3 heteroatoms. The molecule has 1 saturated carbocycles. The van der Waals surface area contributed by atoms with E-state index in [0.29, 0.717) is 6.04 Å². The third kappa shape index (κ3) is 3.08. The zero-order valence-corrected chi connectivity index (χ0v) is 11.7. The molecule has 0 aliphatic heterocycles. The molecule has 0 aromatic heterocycles. The van der Waals surface area contributed by atoms with Gasteiger partial charge in [-0.1, -0.05) is 24.4 Å². The number of nitrogens with one attached hydrogen (secondary N) is 1. The third-order valence-electron chi connectivity index (χ3n) is 2.95. The maximum Gasteiger partial charge on any atom is 0.0410 e. The van der Waals surface area contributed by atoms with Crippen molar-refractivity contribution in [1.82, 2.24) is 5.32 Å². The lowest BCUT2D eigenvalue weighted by atomic mass is 10.0. The van der Waals surface area contributed by atoms with Crippen molar-refractivity contribution in [2.24, 2.45) is 5.92 Å². The predicted molar refractivity (Wildman–Crippen MR) is 73.3 cm³/mol. The van der Waals surface area contributed by atoms with E-state index >= 15 is 0 Å². The van der Waals surface area contributed by atoms with Crippen molar-refractivity contribution >= 4 is 34.2 Å². The molecule has 1 unspecified atom stereocenters. The zero-order valence-electron chi connectivity index (χ0n) is 8.76. The molecule has 0 spiro atoms. The highest BCUT2D eigenvalue weighted by Gasteiger charge is 2.26. The minimum absolute atomic E-state index is 0.461. The van der Waals surface area contributed by atoms with Gasteiger partial charge in [0.1, 0.15) is 0 Å². The Morgan fingerprint density at radius 3 is 2.87 bits per heavy atom. The number of hydrogen-bond donors (Lipinski definition) is 1. The van der Waals surface area contributed by atoms with Crippen molar-refractivity contribution in [1.29, 1.82) is 0 Å². The molecule has 0 bridgehead atoms. The molecule has 1 N–H and O–H groups in total. The van der Waals surface area contributed by atoms with Crippen LogP contribution in [0.1, 0.15) is 30.9 Å². The first-order chi connectivity index (χ1) is 7.20. The SMILES string of the molecule is CNC(CC1CC1)c1cc(Cl)ccc1I. The Morgan fingerprint density at radius 1 is 1.53 bits per heavy atom. The lowest BCUT2D eigenvalue weighted by Crippen LogP contribution is -2.18. The molecule has 1 aliphatic carbocycles. The monoisotopic (exact) mass is 335 g/mol. The molecule has 1 aromatic carbocycles. The Labute approximate surface area is 110 Å². The van der Waals surface area contributed by atoms with Gasteiger partial charge in [-0.3, -0.25) is 0 Å². The van der Waals surface area contributed by atoms with Gasteiger partial charge in [0.05, 0.1) is 0 Å². The fourth-order valence-electron chi connectivity index (χ4n) is 1.87. The lowest BCUT2D eigenvalue weighted by molar-refractivity contribution is 0.512. The van der Waals surface area contributed by atoms with Crippen LogP contribution in [0, 0.1) is 9.49 Å². The molecule has 0 saturated heterocycles. The second kappa shape index (κ2) is 5.02. The van der Waals surface area contributed by atoms with Crippen LogP contribution in [-0.2, 0) is 0 Å². The van der Waals surface area contributed by atoms with Crippen LogP contribution in [-0.4, -0.2) is 7.05 Å². The summed E-state index contributed by atoms with van der Waals surface area (Å²) in [7, 11) is 2.03. The van der Waals surface area contributed by atoms with Gasteiger partial charge in [-0.05, 0) is 65.7 Å². The standard InChI is InChI=1S/C12H15ClIN/c1-15-12(6-8-2-3-8)10-7-9(13)4-5-11(10)14/h4-5,7-8,12,15H,2-3,6H2,1H3. The molecule has 1 aliphatic rings. The fraction of sp³-hybridized carbons (Fsp3) is 0.500. The molecular formula is C12H15ClIN. The fourth-order valence-corrected chi connectivity index (χ4v) is 2.76. The average Bonchev–Trinajstić information content (AvgIpc) is 3.02. The predicted octanol–water partition coefficient (Wildman–Crippen LogP) is 4.01. The Bertz CT molecular complexity index is 349. The molecule has 0 radical (unpaired) electrons. The maximum atomic E-state index is 6.04. The highest BCUT2D eigenvalue weighted by Crippen LogP contribution is 2.38. The van der Waals surface area contributed by atoms with Crippen LogP contribution in [0.15, 0.2) is 18.2 Å². The van der Waals surface area contributed by atoms with Gasteiger partial charge in [-0.2, -0.15) is 0 Å². The first-order valence-electron chi connectivity index (χ1n) is 5.33. The Kier molecular flexibility index (Phi) is 3.91. The molecule has 0 heterocycles. The van der Waals surface area contributed by atoms with E-state index in [-0.39, 0.29) is 0 Å². The smallest absolute Gasteiger partial charge is 0.0410 e. The molecule has 15 heavy (non-hydrogen) atoms. The van der Waals surface area contributed by atoms with E-state index in [9.17, 15) is 0 Å². The first kappa shape index (κ1) is 11.7. The minimum Gasteiger partial charge on any atom is -0.313 e. The van der Waals surface area contributed by atoms with Crippen molar-refractivity contribution in [2.45, 2.75) is 25.3 Å². The third-order valence-corrected chi connectivity index (χ3v) is 4.17. The van der Waals surface area contributed by atoms with Gasteiger partial charge in [0.2, 0.25) is 0 Å². The quantitative estimate of drug-likeness (QED) is 0.820. The second-order valence-corrected chi connectivity index (χ2v) is 5.78. The van der Waals surface area contributed by atoms with Gasteiger partial charge in [0, 0.05) is 14.6 Å². The zero-order chi connectivity index (χ0) is 10.8. The summed E-state index contributed by atoms with van der Waals surface area (Å²) in [5.41, 5.74) is 1.34. The summed E-state index contributed by atoms with van der Waals surface area (Å²) in [5, 5.41) is 4.23. The molecule has 82 valence electrons. The molecule has 1 fully saturated rings. The summed E-state index contributed by atoms with van der Waals surface area (Å²) in [6.45, 7) is 0. The van der Waals surface area contributed by atoms with Gasteiger partial charge < -0.3 is 5.32 Å². The molecule has 1 atom stereocenters. The van der Waals surface area contributed by atoms with Gasteiger partial charge in [0.15, 0.2) is 0 Å². The summed E-state index contributed by atoms with van der Waals surface area (Å²) in [5.74, 6) is 0.928. The summed E-state index contributed by atoms with van der Waals surface area (Å²) in [6.07, 6.45) is 4.04. The molecule has 1 nitrogen and oxygen atoms in total. The first-order valence-corrected chi connectivity index (χ1v) is 6.78. The number of rotatable bonds is 4. The van der Waals surface area contributed by atoms with Gasteiger partial charge >= 0.3 is 0 Å². The van der Waals surface area contributed by atoms with Crippen molar-refractivity contribution in [3.05, 3.63) is 32.4 Å². The van der Waals surface area contributed by atoms with Crippen molar-refractivity contribution < 1.29 is 0 Å². The van der Waals surface area contributed by atoms with Crippen molar-refractivity contribution in [3.63, 3.8) is 0 Å². The van der Waals surface area contributed by atoms with Crippen LogP contribution in [0.5, 0.6) is 0 Å². The minimum atomic E-state index is 0.461. The number of benzene rings is 1. The largest absolute Gasteiger partial charge is 0.313 e. The van der Waals surface area contributed by atoms with Gasteiger partial charge in [0.25, 0.3) is 0 Å². The van der Waals surface area contributed by atoms with Crippen LogP contribution in [0.4, 0.5) is 0 Å². The van der Waals surface area contributed by atoms with Crippen LogP contribution >= 0.6 is 34.2 Å². The van der Waals surface area contributed by atoms with Crippen LogP contribution in [0.3, 0.4) is 0 Å². The van der Waals surface area contributed by atoms with E-state index in [1.807, 2.05) is 13.1 Å². The van der Waals surface area contributed by atoms with E-state index in [1.165, 1.54) is 28.4 Å². The summed E-state index contributed by atoms with van der Waals surface area (Å²) >= 11 is 8.42. The van der Waals surface area contributed by atoms with E-state index < -0.39 is 0 Å². The average molecular weight is 336 g/mol. The number of hydrogen-bond acceptors (Lipinski definition) is 1. The van der Waals surface area contributed by atoms with E-state index in [0.717, 1.165) is 10.9 Å². The molecule has 2 rings (SSSR count). The molecular weight excluding hydrogens is 320 g/mol. The normalized spacial score (nSPS) is 17.8. The summed E-state index contributed by atoms with van der Waals surface area (Å²) in [4.78, 5) is 0. The van der Waals surface area contributed by atoms with Crippen molar-refractivity contribution in [2.75, 3.05) is 7.05 Å². The highest BCUT2D eigenvalue weighted by atomic mass is 127. The Morgan fingerprint density at radius 2 is 2.27 bits per heavy atom. The van der Waals surface area contributed by atoms with Gasteiger partial charge in [-0.15, -0.1) is 0 Å². The van der Waals surface area contributed by atoms with E-state index in [4.69, 9.17) is 11.6 Å². The van der Waals surface area contributed by atoms with E-state index in [1.54, 1.807) is 0 Å². The molecule has 0 amide bonds. The topological polar surface area (TPSA) is 12.0 Å². The Balaban J connectivity index is 2.19. The number of halogens is 2. The second-order valence-electron chi connectivity index (χ2n) is 4.19. The lowest BCUT2D eigenvalue weighted by Gasteiger charge is -2.18. The summed E-state index contributed by atoms with van der Waals surface area (Å²) in [6, 6.07) is 6.60. The van der Waals surface area contributed by atoms with E-state index in [2.05, 4.69) is 40.0 Å².